The van der Waals surface area contributed by atoms with E-state index in [-0.39, 0.29) is 18.2 Å². The lowest BCUT2D eigenvalue weighted by molar-refractivity contribution is -0.143. The van der Waals surface area contributed by atoms with Gasteiger partial charge in [-0.2, -0.15) is 0 Å². The summed E-state index contributed by atoms with van der Waals surface area (Å²) in [6.45, 7) is 6.78. The zero-order valence-electron chi connectivity index (χ0n) is 10.4. The first-order valence-electron chi connectivity index (χ1n) is 5.82. The predicted octanol–water partition coefficient (Wildman–Crippen LogP) is 2.93. The van der Waals surface area contributed by atoms with Gasteiger partial charge in [-0.25, -0.2) is 0 Å². The summed E-state index contributed by atoms with van der Waals surface area (Å²) in [6.07, 6.45) is 2.29. The number of rotatable bonds is 9. The van der Waals surface area contributed by atoms with Gasteiger partial charge in [-0.3, -0.25) is 4.79 Å². The highest BCUT2D eigenvalue weighted by Crippen LogP contribution is 2.29. The van der Waals surface area contributed by atoms with Crippen LogP contribution in [0.4, 0.5) is 0 Å². The molecular weight excluding hydrogens is 227 g/mol. The molecule has 0 rings (SSSR count). The highest BCUT2D eigenvalue weighted by molar-refractivity contribution is 7.45. The van der Waals surface area contributed by atoms with Crippen molar-refractivity contribution in [3.05, 3.63) is 0 Å². The molecule has 4 nitrogen and oxygen atoms in total. The molecule has 0 amide bonds. The van der Waals surface area contributed by atoms with Crippen molar-refractivity contribution in [1.29, 1.82) is 0 Å². The van der Waals surface area contributed by atoms with Crippen LogP contribution in [0.2, 0.25) is 0 Å². The van der Waals surface area contributed by atoms with Crippen molar-refractivity contribution in [2.24, 2.45) is 0 Å². The van der Waals surface area contributed by atoms with Gasteiger partial charge in [0.25, 0.3) is 5.85 Å². The Morgan fingerprint density at radius 2 is 1.88 bits per heavy atom. The summed E-state index contributed by atoms with van der Waals surface area (Å²) in [7, 11) is -1.47. The third-order valence-corrected chi connectivity index (χ3v) is 3.60. The average Bonchev–Trinajstić information content (AvgIpc) is 2.30. The molecule has 0 aromatic heterocycles. The maximum Gasteiger partial charge on any atom is 0.370 e. The average molecular weight is 249 g/mol. The largest absolute Gasteiger partial charge is 0.466 e. The van der Waals surface area contributed by atoms with Gasteiger partial charge in [-0.05, 0) is 12.8 Å². The molecule has 0 saturated carbocycles. The topological polar surface area (TPSA) is 52.6 Å². The first kappa shape index (κ1) is 15.5. The van der Waals surface area contributed by atoms with Crippen molar-refractivity contribution in [3.63, 3.8) is 0 Å². The molecule has 0 heterocycles. The Kier molecular flexibility index (Phi) is 9.45. The van der Waals surface area contributed by atoms with E-state index in [1.54, 1.807) is 6.92 Å². The molecule has 2 unspecified atom stereocenters. The van der Waals surface area contributed by atoms with Crippen LogP contribution in [0, 0.1) is 0 Å². The van der Waals surface area contributed by atoms with Crippen LogP contribution in [0.5, 0.6) is 0 Å². The van der Waals surface area contributed by atoms with Gasteiger partial charge in [-0.15, -0.1) is 0 Å². The van der Waals surface area contributed by atoms with E-state index in [4.69, 9.17) is 9.47 Å². The molecule has 0 spiro atoms. The van der Waals surface area contributed by atoms with Crippen molar-refractivity contribution < 1.29 is 18.8 Å². The quantitative estimate of drug-likeness (QED) is 0.465. The molecule has 5 heteroatoms. The minimum Gasteiger partial charge on any atom is -0.466 e. The number of ether oxygens (including phenoxy) is 2. The summed E-state index contributed by atoms with van der Waals surface area (Å²) in [5.41, 5.74) is 0. The first-order valence-corrected chi connectivity index (χ1v) is 7.34. The molecular formula is C11H22O4P+. The van der Waals surface area contributed by atoms with Crippen LogP contribution in [0.25, 0.3) is 0 Å². The third-order valence-electron chi connectivity index (χ3n) is 1.97. The molecule has 0 N–H and O–H groups in total. The highest BCUT2D eigenvalue weighted by Gasteiger charge is 2.26. The first-order chi connectivity index (χ1) is 7.61. The third kappa shape index (κ3) is 7.77. The number of esters is 1. The molecule has 0 fully saturated rings. The van der Waals surface area contributed by atoms with Gasteiger partial charge < -0.3 is 9.47 Å². The van der Waals surface area contributed by atoms with Gasteiger partial charge in [0.2, 0.25) is 0 Å². The molecule has 0 aromatic rings. The summed E-state index contributed by atoms with van der Waals surface area (Å²) in [5, 5.41) is 0. The fourth-order valence-corrected chi connectivity index (χ4v) is 2.08. The number of carbonyl (C=O) groups excluding carboxylic acids is 1. The van der Waals surface area contributed by atoms with Crippen molar-refractivity contribution in [3.8, 4) is 0 Å². The predicted molar refractivity (Wildman–Crippen MR) is 64.0 cm³/mol. The van der Waals surface area contributed by atoms with Crippen molar-refractivity contribution in [2.75, 3.05) is 19.4 Å². The van der Waals surface area contributed by atoms with Gasteiger partial charge in [-0.1, -0.05) is 18.4 Å². The zero-order valence-corrected chi connectivity index (χ0v) is 11.3. The molecule has 0 saturated heterocycles. The molecule has 16 heavy (non-hydrogen) atoms. The molecule has 0 bridgehead atoms. The van der Waals surface area contributed by atoms with E-state index in [1.807, 2.05) is 13.8 Å². The van der Waals surface area contributed by atoms with Crippen LogP contribution in [0.1, 0.15) is 40.0 Å². The Morgan fingerprint density at radius 1 is 1.25 bits per heavy atom. The van der Waals surface area contributed by atoms with Crippen LogP contribution >= 0.6 is 7.80 Å². The number of hydrogen-bond donors (Lipinski definition) is 0. The van der Waals surface area contributed by atoms with Crippen LogP contribution in [-0.4, -0.2) is 31.2 Å². The lowest BCUT2D eigenvalue weighted by atomic mass is 10.5. The van der Waals surface area contributed by atoms with E-state index < -0.39 is 7.80 Å². The van der Waals surface area contributed by atoms with E-state index in [0.29, 0.717) is 19.4 Å². The van der Waals surface area contributed by atoms with Crippen molar-refractivity contribution in [1.82, 2.24) is 0 Å². The Morgan fingerprint density at radius 3 is 2.44 bits per heavy atom. The van der Waals surface area contributed by atoms with Crippen LogP contribution in [-0.2, 0) is 18.8 Å². The van der Waals surface area contributed by atoms with E-state index in [0.717, 1.165) is 12.8 Å². The standard InChI is InChI=1S/C11H22O4P/c1-4-7-14-10(3)16(13)9-6-11(12)15-8-5-2/h10H,4-9H2,1-3H3/q+1. The monoisotopic (exact) mass is 249 g/mol. The van der Waals surface area contributed by atoms with E-state index >= 15 is 0 Å². The van der Waals surface area contributed by atoms with E-state index in [1.165, 1.54) is 0 Å². The fourth-order valence-electron chi connectivity index (χ4n) is 1.04. The van der Waals surface area contributed by atoms with Crippen molar-refractivity contribution >= 4 is 13.8 Å². The highest BCUT2D eigenvalue weighted by atomic mass is 31.1. The number of carbonyl (C=O) groups is 1. The summed E-state index contributed by atoms with van der Waals surface area (Å²) < 4.78 is 21.9. The molecule has 2 atom stereocenters. The second-order valence-electron chi connectivity index (χ2n) is 3.58. The maximum absolute atomic E-state index is 11.6. The second-order valence-corrected chi connectivity index (χ2v) is 5.59. The molecule has 0 aliphatic carbocycles. The Balaban J connectivity index is 3.66. The van der Waals surface area contributed by atoms with E-state index in [9.17, 15) is 9.36 Å². The minimum absolute atomic E-state index is 0.217. The van der Waals surface area contributed by atoms with Crippen molar-refractivity contribution in [2.45, 2.75) is 45.9 Å². The normalized spacial score (nSPS) is 13.3. The molecule has 94 valence electrons. The second kappa shape index (κ2) is 9.73. The Labute approximate surface area is 98.5 Å². The Bertz CT molecular complexity index is 218. The van der Waals surface area contributed by atoms with Gasteiger partial charge >= 0.3 is 13.8 Å². The van der Waals surface area contributed by atoms with Gasteiger partial charge in [0.15, 0.2) is 6.16 Å². The summed E-state index contributed by atoms with van der Waals surface area (Å²) >= 11 is 0. The van der Waals surface area contributed by atoms with Crippen LogP contribution in [0.3, 0.4) is 0 Å². The summed E-state index contributed by atoms with van der Waals surface area (Å²) in [6, 6.07) is 0. The maximum atomic E-state index is 11.6. The van der Waals surface area contributed by atoms with E-state index in [2.05, 4.69) is 0 Å². The molecule has 0 aromatic carbocycles. The lowest BCUT2D eigenvalue weighted by Gasteiger charge is -2.03. The van der Waals surface area contributed by atoms with Gasteiger partial charge in [0, 0.05) is 6.92 Å². The smallest absolute Gasteiger partial charge is 0.370 e. The zero-order chi connectivity index (χ0) is 12.4. The Hall–Kier alpha value is -0.470. The molecule has 0 aliphatic rings. The van der Waals surface area contributed by atoms with Crippen LogP contribution in [0.15, 0.2) is 0 Å². The molecule has 0 aliphatic heterocycles. The van der Waals surface area contributed by atoms with Crippen LogP contribution < -0.4 is 0 Å². The SMILES string of the molecule is CCCOC(=O)CC[P+](=O)C(C)OCCC. The fraction of sp³-hybridized carbons (Fsp3) is 0.909. The summed E-state index contributed by atoms with van der Waals surface area (Å²) in [5.74, 6) is -0.540. The summed E-state index contributed by atoms with van der Waals surface area (Å²) in [4.78, 5) is 11.2. The van der Waals surface area contributed by atoms with Gasteiger partial charge in [0.05, 0.1) is 19.6 Å². The lowest BCUT2D eigenvalue weighted by Crippen LogP contribution is -2.09. The molecule has 0 radical (unpaired) electrons. The number of hydrogen-bond acceptors (Lipinski definition) is 4. The minimum atomic E-state index is -1.47. The van der Waals surface area contributed by atoms with Gasteiger partial charge in [0.1, 0.15) is 0 Å².